The molecule has 1 heteroatoms. The molecule has 0 saturated carbocycles. The van der Waals surface area contributed by atoms with Crippen LogP contribution in [0.25, 0.3) is 0 Å². The lowest BCUT2D eigenvalue weighted by Crippen LogP contribution is -2.18. The summed E-state index contributed by atoms with van der Waals surface area (Å²) >= 11 is 3.59. The first-order valence-electron chi connectivity index (χ1n) is 3.23. The molecule has 0 nitrogen and oxygen atoms in total. The predicted octanol–water partition coefficient (Wildman–Crippen LogP) is 3.37. The first-order valence-corrected chi connectivity index (χ1v) is 4.15. The highest BCUT2D eigenvalue weighted by Crippen LogP contribution is 2.28. The summed E-state index contributed by atoms with van der Waals surface area (Å²) in [6.45, 7) is 10.3. The van der Waals surface area contributed by atoms with Crippen molar-refractivity contribution in [3.63, 3.8) is 0 Å². The Morgan fingerprint density at radius 2 is 2.00 bits per heavy atom. The van der Waals surface area contributed by atoms with Crippen molar-refractivity contribution in [1.82, 2.24) is 0 Å². The van der Waals surface area contributed by atoms with Crippen LogP contribution in [0.1, 0.15) is 27.2 Å². The Morgan fingerprint density at radius 1 is 1.56 bits per heavy atom. The van der Waals surface area contributed by atoms with Gasteiger partial charge in [0.15, 0.2) is 0 Å². The number of halogens is 1. The van der Waals surface area contributed by atoms with Gasteiger partial charge in [0.2, 0.25) is 0 Å². The average Bonchev–Trinajstić information content (AvgIpc) is 1.64. The monoisotopic (exact) mass is 190 g/mol. The summed E-state index contributed by atoms with van der Waals surface area (Å²) in [6.07, 6.45) is 2.99. The van der Waals surface area contributed by atoms with Gasteiger partial charge in [0.1, 0.15) is 0 Å². The molecule has 0 rings (SSSR count). The molecule has 0 bridgehead atoms. The van der Waals surface area contributed by atoms with Crippen molar-refractivity contribution >= 4 is 15.9 Å². The topological polar surface area (TPSA) is 0 Å². The molecule has 0 aliphatic rings. The summed E-state index contributed by atoms with van der Waals surface area (Å²) < 4.78 is 0. The van der Waals surface area contributed by atoms with Crippen molar-refractivity contribution in [2.45, 2.75) is 32.0 Å². The zero-order valence-electron chi connectivity index (χ0n) is 6.45. The normalized spacial score (nSPS) is 15.1. The van der Waals surface area contributed by atoms with Crippen molar-refractivity contribution in [3.05, 3.63) is 12.7 Å². The van der Waals surface area contributed by atoms with Gasteiger partial charge in [-0.25, -0.2) is 0 Å². The molecule has 0 aliphatic heterocycles. The van der Waals surface area contributed by atoms with Crippen LogP contribution in [0.3, 0.4) is 0 Å². The van der Waals surface area contributed by atoms with Crippen molar-refractivity contribution in [3.8, 4) is 0 Å². The molecule has 9 heavy (non-hydrogen) atoms. The standard InChI is InChI=1S/C8H15Br/c1-5-6-7(9)8(2,3)4/h5,7H,1,6H2,2-4H3. The van der Waals surface area contributed by atoms with E-state index in [-0.39, 0.29) is 0 Å². The van der Waals surface area contributed by atoms with Crippen LogP contribution in [0.4, 0.5) is 0 Å². The zero-order chi connectivity index (χ0) is 7.49. The second-order valence-electron chi connectivity index (χ2n) is 3.36. The minimum absolute atomic E-state index is 0.355. The molecule has 0 aliphatic carbocycles. The van der Waals surface area contributed by atoms with Crippen LogP contribution in [0.15, 0.2) is 12.7 Å². The van der Waals surface area contributed by atoms with Gasteiger partial charge >= 0.3 is 0 Å². The van der Waals surface area contributed by atoms with Crippen LogP contribution in [0, 0.1) is 5.41 Å². The molecular formula is C8H15Br. The smallest absolute Gasteiger partial charge is 0.0228 e. The lowest BCUT2D eigenvalue weighted by Gasteiger charge is -2.23. The Hall–Kier alpha value is 0.220. The van der Waals surface area contributed by atoms with Gasteiger partial charge in [-0.15, -0.1) is 6.58 Å². The Labute approximate surface area is 66.5 Å². The molecule has 54 valence electrons. The third kappa shape index (κ3) is 3.74. The SMILES string of the molecule is C=CCC(Br)C(C)(C)C. The average molecular weight is 191 g/mol. The van der Waals surface area contributed by atoms with E-state index in [1.54, 1.807) is 0 Å². The summed E-state index contributed by atoms with van der Waals surface area (Å²) in [4.78, 5) is 0.558. The molecule has 1 unspecified atom stereocenters. The summed E-state index contributed by atoms with van der Waals surface area (Å²) in [5, 5.41) is 0. The Bertz CT molecular complexity index is 89.2. The highest BCUT2D eigenvalue weighted by molar-refractivity contribution is 9.09. The highest BCUT2D eigenvalue weighted by atomic mass is 79.9. The third-order valence-corrected chi connectivity index (χ3v) is 3.06. The minimum atomic E-state index is 0.355. The maximum atomic E-state index is 3.68. The highest BCUT2D eigenvalue weighted by Gasteiger charge is 2.19. The van der Waals surface area contributed by atoms with E-state index in [0.717, 1.165) is 6.42 Å². The van der Waals surface area contributed by atoms with Gasteiger partial charge < -0.3 is 0 Å². The summed E-state index contributed by atoms with van der Waals surface area (Å²) in [5.74, 6) is 0. The van der Waals surface area contributed by atoms with Gasteiger partial charge in [-0.3, -0.25) is 0 Å². The maximum Gasteiger partial charge on any atom is 0.0228 e. The number of rotatable bonds is 2. The first kappa shape index (κ1) is 9.22. The molecule has 0 heterocycles. The van der Waals surface area contributed by atoms with Crippen LogP contribution < -0.4 is 0 Å². The van der Waals surface area contributed by atoms with E-state index in [1.165, 1.54) is 0 Å². The van der Waals surface area contributed by atoms with Gasteiger partial charge in [-0.2, -0.15) is 0 Å². The molecule has 0 aromatic rings. The van der Waals surface area contributed by atoms with Crippen molar-refractivity contribution in [2.24, 2.45) is 5.41 Å². The van der Waals surface area contributed by atoms with E-state index in [1.807, 2.05) is 6.08 Å². The van der Waals surface area contributed by atoms with Crippen LogP contribution >= 0.6 is 15.9 Å². The largest absolute Gasteiger partial charge is 0.103 e. The van der Waals surface area contributed by atoms with Crippen LogP contribution in [-0.4, -0.2) is 4.83 Å². The fourth-order valence-corrected chi connectivity index (χ4v) is 0.764. The number of hydrogen-bond acceptors (Lipinski definition) is 0. The quantitative estimate of drug-likeness (QED) is 0.463. The molecule has 0 aromatic carbocycles. The molecule has 0 amide bonds. The van der Waals surface area contributed by atoms with Crippen molar-refractivity contribution in [1.29, 1.82) is 0 Å². The van der Waals surface area contributed by atoms with Crippen molar-refractivity contribution < 1.29 is 0 Å². The van der Waals surface area contributed by atoms with Gasteiger partial charge in [-0.1, -0.05) is 42.8 Å². The van der Waals surface area contributed by atoms with Crippen LogP contribution in [0.2, 0.25) is 0 Å². The second kappa shape index (κ2) is 3.40. The second-order valence-corrected chi connectivity index (χ2v) is 4.46. The fraction of sp³-hybridized carbons (Fsp3) is 0.750. The van der Waals surface area contributed by atoms with E-state index >= 15 is 0 Å². The molecule has 0 N–H and O–H groups in total. The van der Waals surface area contributed by atoms with Gasteiger partial charge in [0.05, 0.1) is 0 Å². The maximum absolute atomic E-state index is 3.68. The fourth-order valence-electron chi connectivity index (χ4n) is 0.500. The Morgan fingerprint density at radius 3 is 2.11 bits per heavy atom. The molecular weight excluding hydrogens is 176 g/mol. The van der Waals surface area contributed by atoms with Gasteiger partial charge in [0, 0.05) is 4.83 Å². The summed E-state index contributed by atoms with van der Waals surface area (Å²) in [7, 11) is 0. The summed E-state index contributed by atoms with van der Waals surface area (Å²) in [6, 6.07) is 0. The summed E-state index contributed by atoms with van der Waals surface area (Å²) in [5.41, 5.74) is 0.355. The molecule has 0 spiro atoms. The third-order valence-electron chi connectivity index (χ3n) is 1.31. The van der Waals surface area contributed by atoms with E-state index in [2.05, 4.69) is 43.3 Å². The van der Waals surface area contributed by atoms with E-state index in [4.69, 9.17) is 0 Å². The molecule has 0 fully saturated rings. The predicted molar refractivity (Wildman–Crippen MR) is 47.0 cm³/mol. The minimum Gasteiger partial charge on any atom is -0.103 e. The van der Waals surface area contributed by atoms with Crippen molar-refractivity contribution in [2.75, 3.05) is 0 Å². The Kier molecular flexibility index (Phi) is 3.49. The number of allylic oxidation sites excluding steroid dienone is 1. The molecule has 0 saturated heterocycles. The first-order chi connectivity index (χ1) is 3.98. The molecule has 0 radical (unpaired) electrons. The van der Waals surface area contributed by atoms with Crippen LogP contribution in [-0.2, 0) is 0 Å². The van der Waals surface area contributed by atoms with E-state index in [0.29, 0.717) is 10.2 Å². The number of alkyl halides is 1. The van der Waals surface area contributed by atoms with E-state index < -0.39 is 0 Å². The van der Waals surface area contributed by atoms with Crippen LogP contribution in [0.5, 0.6) is 0 Å². The Balaban J connectivity index is 3.72. The number of hydrogen-bond donors (Lipinski definition) is 0. The molecule has 1 atom stereocenters. The van der Waals surface area contributed by atoms with E-state index in [9.17, 15) is 0 Å². The zero-order valence-corrected chi connectivity index (χ0v) is 8.03. The lowest BCUT2D eigenvalue weighted by molar-refractivity contribution is 0.401. The lowest BCUT2D eigenvalue weighted by atomic mass is 9.90. The van der Waals surface area contributed by atoms with Gasteiger partial charge in [0.25, 0.3) is 0 Å². The molecule has 0 aromatic heterocycles. The van der Waals surface area contributed by atoms with Gasteiger partial charge in [-0.05, 0) is 11.8 Å².